The van der Waals surface area contributed by atoms with E-state index in [1.807, 2.05) is 123 Å². The Labute approximate surface area is 278 Å². The number of aryl methyl sites for hydroxylation is 2. The van der Waals surface area contributed by atoms with Crippen molar-refractivity contribution in [2.75, 3.05) is 10.6 Å². The zero-order chi connectivity index (χ0) is 32.8. The summed E-state index contributed by atoms with van der Waals surface area (Å²) < 4.78 is 0. The minimum absolute atomic E-state index is 0.147. The standard InChI is InChI=1S/C42H34N4O2/c1-25-17-19-29-11-7-15-33(39(29)43-25)45-41(37-31-13-5-3-9-27(31)21-23-35(37)47)42(38-32-14-6-4-10-28(32)22-24-36(38)48)46-34-16-8-12-30-20-18-26(2)44-40(30)34/h3-24,41-42,45-48H,1-2H3/t41-,42+. The van der Waals surface area contributed by atoms with E-state index in [0.29, 0.717) is 11.1 Å². The van der Waals surface area contributed by atoms with E-state index in [1.165, 1.54) is 0 Å². The third-order valence-corrected chi connectivity index (χ3v) is 9.19. The number of nitrogens with zero attached hydrogens (tertiary/aromatic N) is 2. The number of aromatic nitrogens is 2. The number of fused-ring (bicyclic) bond motifs is 4. The van der Waals surface area contributed by atoms with Crippen LogP contribution in [0.25, 0.3) is 43.4 Å². The van der Waals surface area contributed by atoms with E-state index in [2.05, 4.69) is 22.8 Å². The number of pyridine rings is 2. The first kappa shape index (κ1) is 29.3. The summed E-state index contributed by atoms with van der Waals surface area (Å²) in [6, 6.07) is 42.6. The lowest BCUT2D eigenvalue weighted by Gasteiger charge is -2.34. The fourth-order valence-corrected chi connectivity index (χ4v) is 6.92. The van der Waals surface area contributed by atoms with Crippen molar-refractivity contribution in [2.24, 2.45) is 0 Å². The van der Waals surface area contributed by atoms with Gasteiger partial charge >= 0.3 is 0 Å². The van der Waals surface area contributed by atoms with E-state index in [4.69, 9.17) is 9.97 Å². The maximum Gasteiger partial charge on any atom is 0.121 e. The monoisotopic (exact) mass is 626 g/mol. The van der Waals surface area contributed by atoms with E-state index >= 15 is 0 Å². The van der Waals surface area contributed by atoms with E-state index in [9.17, 15) is 10.2 Å². The summed E-state index contributed by atoms with van der Waals surface area (Å²) in [6.45, 7) is 3.97. The van der Waals surface area contributed by atoms with Crippen molar-refractivity contribution >= 4 is 54.7 Å². The Bertz CT molecular complexity index is 2320. The lowest BCUT2D eigenvalue weighted by Crippen LogP contribution is -2.27. The third-order valence-electron chi connectivity index (χ3n) is 9.19. The quantitative estimate of drug-likeness (QED) is 0.141. The summed E-state index contributed by atoms with van der Waals surface area (Å²) in [5.74, 6) is 0.294. The lowest BCUT2D eigenvalue weighted by molar-refractivity contribution is 0.450. The first-order valence-electron chi connectivity index (χ1n) is 16.1. The first-order valence-corrected chi connectivity index (χ1v) is 16.1. The summed E-state index contributed by atoms with van der Waals surface area (Å²) >= 11 is 0. The van der Waals surface area contributed by atoms with Crippen LogP contribution in [-0.2, 0) is 0 Å². The molecule has 6 nitrogen and oxygen atoms in total. The molecule has 6 aromatic carbocycles. The summed E-state index contributed by atoms with van der Waals surface area (Å²) in [7, 11) is 0. The van der Waals surface area contributed by atoms with Crippen molar-refractivity contribution in [3.05, 3.63) is 156 Å². The van der Waals surface area contributed by atoms with Crippen LogP contribution in [0.1, 0.15) is 34.6 Å². The average molecular weight is 627 g/mol. The number of hydrogen-bond donors (Lipinski definition) is 4. The summed E-state index contributed by atoms with van der Waals surface area (Å²) in [4.78, 5) is 9.87. The van der Waals surface area contributed by atoms with E-state index in [0.717, 1.165) is 66.1 Å². The molecule has 0 fully saturated rings. The molecule has 2 heterocycles. The Morgan fingerprint density at radius 1 is 0.438 bits per heavy atom. The van der Waals surface area contributed by atoms with Crippen molar-refractivity contribution in [1.82, 2.24) is 9.97 Å². The van der Waals surface area contributed by atoms with Crippen LogP contribution in [0, 0.1) is 13.8 Å². The molecule has 0 aliphatic carbocycles. The molecule has 4 N–H and O–H groups in total. The number of benzene rings is 6. The van der Waals surface area contributed by atoms with Gasteiger partial charge in [-0.1, -0.05) is 97.1 Å². The van der Waals surface area contributed by atoms with Crippen molar-refractivity contribution in [2.45, 2.75) is 25.9 Å². The Kier molecular flexibility index (Phi) is 7.26. The largest absolute Gasteiger partial charge is 0.508 e. The molecular weight excluding hydrogens is 592 g/mol. The predicted molar refractivity (Wildman–Crippen MR) is 197 cm³/mol. The van der Waals surface area contributed by atoms with Crippen molar-refractivity contribution < 1.29 is 10.2 Å². The van der Waals surface area contributed by atoms with Gasteiger partial charge in [-0.2, -0.15) is 0 Å². The number of aromatic hydroxyl groups is 2. The SMILES string of the molecule is Cc1ccc2cccc(N[C@H](c3c(O)ccc4ccccc34)[C@@H](Nc3cccc4ccc(C)nc34)c3c(O)ccc4ccccc34)c2n1. The second-order valence-corrected chi connectivity index (χ2v) is 12.3. The lowest BCUT2D eigenvalue weighted by atomic mass is 9.86. The summed E-state index contributed by atoms with van der Waals surface area (Å²) in [6.07, 6.45) is 0. The molecule has 2 atom stereocenters. The zero-order valence-electron chi connectivity index (χ0n) is 26.6. The number of para-hydroxylation sites is 2. The third kappa shape index (κ3) is 5.17. The van der Waals surface area contributed by atoms with Crippen LogP contribution in [0.3, 0.4) is 0 Å². The molecule has 48 heavy (non-hydrogen) atoms. The molecule has 0 radical (unpaired) electrons. The molecule has 2 aromatic heterocycles. The summed E-state index contributed by atoms with van der Waals surface area (Å²) in [5, 5.41) is 37.1. The maximum atomic E-state index is 11.8. The second-order valence-electron chi connectivity index (χ2n) is 12.3. The molecule has 0 saturated carbocycles. The second kappa shape index (κ2) is 11.9. The van der Waals surface area contributed by atoms with Crippen molar-refractivity contribution in [1.29, 1.82) is 0 Å². The number of anilines is 2. The Hall–Kier alpha value is -6.14. The fourth-order valence-electron chi connectivity index (χ4n) is 6.92. The number of nitrogens with one attached hydrogen (secondary N) is 2. The molecule has 0 saturated heterocycles. The van der Waals surface area contributed by atoms with Gasteiger partial charge in [0, 0.05) is 33.3 Å². The van der Waals surface area contributed by atoms with Gasteiger partial charge in [0.2, 0.25) is 0 Å². The van der Waals surface area contributed by atoms with Gasteiger partial charge in [-0.25, -0.2) is 0 Å². The molecule has 234 valence electrons. The normalized spacial score (nSPS) is 12.8. The van der Waals surface area contributed by atoms with Gasteiger partial charge in [0.05, 0.1) is 34.5 Å². The summed E-state index contributed by atoms with van der Waals surface area (Å²) in [5.41, 5.74) is 6.48. The van der Waals surface area contributed by atoms with Gasteiger partial charge in [0.25, 0.3) is 0 Å². The predicted octanol–water partition coefficient (Wildman–Crippen LogP) is 10.1. The number of phenols is 2. The topological polar surface area (TPSA) is 90.3 Å². The number of phenolic OH excluding ortho intramolecular Hbond substituents is 2. The molecule has 0 aliphatic heterocycles. The molecule has 8 rings (SSSR count). The van der Waals surface area contributed by atoms with E-state index in [1.54, 1.807) is 12.1 Å². The van der Waals surface area contributed by atoms with Gasteiger partial charge in [-0.15, -0.1) is 0 Å². The Morgan fingerprint density at radius 3 is 1.29 bits per heavy atom. The van der Waals surface area contributed by atoms with Gasteiger partial charge in [0.15, 0.2) is 0 Å². The van der Waals surface area contributed by atoms with Crippen LogP contribution in [0.2, 0.25) is 0 Å². The molecule has 0 bridgehead atoms. The molecular formula is C42H34N4O2. The van der Waals surface area contributed by atoms with Gasteiger partial charge in [-0.3, -0.25) is 9.97 Å². The van der Waals surface area contributed by atoms with E-state index in [-0.39, 0.29) is 11.5 Å². The first-order chi connectivity index (χ1) is 23.4. The van der Waals surface area contributed by atoms with Crippen molar-refractivity contribution in [3.63, 3.8) is 0 Å². The van der Waals surface area contributed by atoms with Crippen LogP contribution in [0.5, 0.6) is 11.5 Å². The molecule has 8 aromatic rings. The minimum Gasteiger partial charge on any atom is -0.508 e. The van der Waals surface area contributed by atoms with Crippen molar-refractivity contribution in [3.8, 4) is 11.5 Å². The fraction of sp³-hybridized carbons (Fsp3) is 0.0952. The molecule has 0 spiro atoms. The Balaban J connectivity index is 1.45. The van der Waals surface area contributed by atoms with E-state index < -0.39 is 12.1 Å². The highest BCUT2D eigenvalue weighted by atomic mass is 16.3. The number of hydrogen-bond acceptors (Lipinski definition) is 6. The van der Waals surface area contributed by atoms with Gasteiger partial charge in [0.1, 0.15) is 11.5 Å². The number of rotatable bonds is 7. The highest BCUT2D eigenvalue weighted by Gasteiger charge is 2.33. The van der Waals surface area contributed by atoms with Crippen LogP contribution in [0.4, 0.5) is 11.4 Å². The Morgan fingerprint density at radius 2 is 0.833 bits per heavy atom. The molecule has 6 heteroatoms. The van der Waals surface area contributed by atoms with Crippen LogP contribution < -0.4 is 10.6 Å². The van der Waals surface area contributed by atoms with Crippen LogP contribution >= 0.6 is 0 Å². The molecule has 0 amide bonds. The van der Waals surface area contributed by atoms with Gasteiger partial charge < -0.3 is 20.8 Å². The highest BCUT2D eigenvalue weighted by molar-refractivity contribution is 5.95. The minimum atomic E-state index is -0.610. The van der Waals surface area contributed by atoms with Crippen LogP contribution in [0.15, 0.2) is 133 Å². The zero-order valence-corrected chi connectivity index (χ0v) is 26.6. The molecule has 0 aliphatic rings. The molecule has 0 unspecified atom stereocenters. The maximum absolute atomic E-state index is 11.8. The van der Waals surface area contributed by atoms with Crippen LogP contribution in [-0.4, -0.2) is 20.2 Å². The highest BCUT2D eigenvalue weighted by Crippen LogP contribution is 2.47. The average Bonchev–Trinajstić information content (AvgIpc) is 3.10. The smallest absolute Gasteiger partial charge is 0.121 e. The van der Waals surface area contributed by atoms with Gasteiger partial charge in [-0.05, 0) is 71.8 Å².